The monoisotopic (exact) mass is 357 g/mol. The zero-order valence-corrected chi connectivity index (χ0v) is 13.3. The van der Waals surface area contributed by atoms with E-state index >= 15 is 0 Å². The van der Waals surface area contributed by atoms with E-state index in [4.69, 9.17) is 0 Å². The molecule has 1 heterocycles. The van der Waals surface area contributed by atoms with E-state index in [2.05, 4.69) is 20.7 Å². The molecule has 2 N–H and O–H groups in total. The van der Waals surface area contributed by atoms with Gasteiger partial charge in [0, 0.05) is 11.3 Å². The summed E-state index contributed by atoms with van der Waals surface area (Å²) in [6.07, 6.45) is 1.27. The number of carbonyl (C=O) groups is 2. The SMILES string of the molecule is O=C(Cn1cnc(NC(=O)c2ccc(F)cc2)n1)Nc1cccc(F)c1. The lowest BCUT2D eigenvalue weighted by Crippen LogP contribution is -2.19. The van der Waals surface area contributed by atoms with E-state index in [1.54, 1.807) is 6.07 Å². The van der Waals surface area contributed by atoms with Gasteiger partial charge in [0.05, 0.1) is 0 Å². The lowest BCUT2D eigenvalue weighted by atomic mass is 10.2. The van der Waals surface area contributed by atoms with Crippen LogP contribution in [0.15, 0.2) is 54.9 Å². The quantitative estimate of drug-likeness (QED) is 0.734. The maximum absolute atomic E-state index is 13.1. The largest absolute Gasteiger partial charge is 0.324 e. The summed E-state index contributed by atoms with van der Waals surface area (Å²) in [7, 11) is 0. The van der Waals surface area contributed by atoms with Gasteiger partial charge in [0.25, 0.3) is 5.91 Å². The Labute approximate surface area is 146 Å². The summed E-state index contributed by atoms with van der Waals surface area (Å²) in [4.78, 5) is 27.8. The molecule has 0 radical (unpaired) electrons. The normalized spacial score (nSPS) is 10.4. The van der Waals surface area contributed by atoms with Crippen molar-refractivity contribution in [2.24, 2.45) is 0 Å². The summed E-state index contributed by atoms with van der Waals surface area (Å²) in [5.41, 5.74) is 0.562. The van der Waals surface area contributed by atoms with Gasteiger partial charge in [-0.3, -0.25) is 14.9 Å². The van der Waals surface area contributed by atoms with Gasteiger partial charge in [0.2, 0.25) is 11.9 Å². The minimum Gasteiger partial charge on any atom is -0.324 e. The molecule has 132 valence electrons. The van der Waals surface area contributed by atoms with Crippen LogP contribution in [-0.2, 0) is 11.3 Å². The molecule has 0 atom stereocenters. The molecule has 3 aromatic rings. The van der Waals surface area contributed by atoms with Crippen molar-refractivity contribution in [3.63, 3.8) is 0 Å². The average molecular weight is 357 g/mol. The van der Waals surface area contributed by atoms with Crippen molar-refractivity contribution in [1.82, 2.24) is 14.8 Å². The first-order valence-corrected chi connectivity index (χ1v) is 7.51. The Morgan fingerprint density at radius 2 is 1.77 bits per heavy atom. The smallest absolute Gasteiger partial charge is 0.258 e. The fraction of sp³-hybridized carbons (Fsp3) is 0.0588. The van der Waals surface area contributed by atoms with Crippen LogP contribution in [0.1, 0.15) is 10.4 Å². The number of anilines is 2. The second kappa shape index (κ2) is 7.51. The molecule has 0 aliphatic carbocycles. The Hall–Kier alpha value is -3.62. The Balaban J connectivity index is 1.58. The van der Waals surface area contributed by atoms with Crippen LogP contribution in [0.3, 0.4) is 0 Å². The molecular formula is C17H13F2N5O2. The molecule has 0 saturated carbocycles. The topological polar surface area (TPSA) is 88.9 Å². The van der Waals surface area contributed by atoms with Gasteiger partial charge in [0.1, 0.15) is 24.5 Å². The molecule has 2 amide bonds. The van der Waals surface area contributed by atoms with Crippen molar-refractivity contribution < 1.29 is 18.4 Å². The van der Waals surface area contributed by atoms with Crippen molar-refractivity contribution >= 4 is 23.5 Å². The second-order valence-corrected chi connectivity index (χ2v) is 5.29. The number of nitrogens with zero attached hydrogens (tertiary/aromatic N) is 3. The minimum absolute atomic E-state index is 0.00196. The van der Waals surface area contributed by atoms with Crippen molar-refractivity contribution in [2.75, 3.05) is 10.6 Å². The van der Waals surface area contributed by atoms with E-state index < -0.39 is 23.4 Å². The molecule has 0 saturated heterocycles. The number of nitrogens with one attached hydrogen (secondary N) is 2. The number of rotatable bonds is 5. The first kappa shape index (κ1) is 17.2. The number of aromatic nitrogens is 3. The van der Waals surface area contributed by atoms with Gasteiger partial charge in [-0.05, 0) is 42.5 Å². The third-order valence-corrected chi connectivity index (χ3v) is 3.28. The van der Waals surface area contributed by atoms with Gasteiger partial charge in [-0.15, -0.1) is 5.10 Å². The summed E-state index contributed by atoms with van der Waals surface area (Å²) in [6, 6.07) is 10.5. The zero-order chi connectivity index (χ0) is 18.5. The Kier molecular flexibility index (Phi) is 4.97. The van der Waals surface area contributed by atoms with Crippen LogP contribution in [0, 0.1) is 11.6 Å². The van der Waals surface area contributed by atoms with Crippen LogP contribution >= 0.6 is 0 Å². The standard InChI is InChI=1S/C17H13F2N5O2/c18-12-6-4-11(5-7-12)16(26)22-17-20-10-24(23-17)9-15(25)21-14-3-1-2-13(19)8-14/h1-8,10H,9H2,(H,21,25)(H,22,23,26). The van der Waals surface area contributed by atoms with Crippen LogP contribution in [-0.4, -0.2) is 26.6 Å². The van der Waals surface area contributed by atoms with E-state index in [1.807, 2.05) is 0 Å². The number of hydrogen-bond acceptors (Lipinski definition) is 4. The minimum atomic E-state index is -0.507. The van der Waals surface area contributed by atoms with E-state index in [0.29, 0.717) is 5.69 Å². The Bertz CT molecular complexity index is 940. The molecule has 26 heavy (non-hydrogen) atoms. The van der Waals surface area contributed by atoms with Crippen molar-refractivity contribution in [1.29, 1.82) is 0 Å². The van der Waals surface area contributed by atoms with Gasteiger partial charge >= 0.3 is 0 Å². The van der Waals surface area contributed by atoms with E-state index in [9.17, 15) is 18.4 Å². The van der Waals surface area contributed by atoms with Gasteiger partial charge in [-0.1, -0.05) is 6.07 Å². The molecule has 7 nitrogen and oxygen atoms in total. The molecule has 2 aromatic carbocycles. The average Bonchev–Trinajstić information content (AvgIpc) is 3.02. The fourth-order valence-electron chi connectivity index (χ4n) is 2.12. The van der Waals surface area contributed by atoms with Crippen molar-refractivity contribution in [2.45, 2.75) is 6.54 Å². The Morgan fingerprint density at radius 1 is 1.00 bits per heavy atom. The first-order chi connectivity index (χ1) is 12.5. The van der Waals surface area contributed by atoms with Gasteiger partial charge in [0.15, 0.2) is 0 Å². The second-order valence-electron chi connectivity index (χ2n) is 5.29. The Morgan fingerprint density at radius 3 is 2.50 bits per heavy atom. The van der Waals surface area contributed by atoms with Crippen molar-refractivity contribution in [3.05, 3.63) is 72.1 Å². The maximum Gasteiger partial charge on any atom is 0.258 e. The molecular weight excluding hydrogens is 344 g/mol. The first-order valence-electron chi connectivity index (χ1n) is 7.51. The highest BCUT2D eigenvalue weighted by Crippen LogP contribution is 2.09. The molecule has 3 rings (SSSR count). The number of halogens is 2. The number of carbonyl (C=O) groups excluding carboxylic acids is 2. The van der Waals surface area contributed by atoms with E-state index in [0.717, 1.165) is 12.1 Å². The molecule has 0 spiro atoms. The third-order valence-electron chi connectivity index (χ3n) is 3.28. The summed E-state index contributed by atoms with van der Waals surface area (Å²) >= 11 is 0. The summed E-state index contributed by atoms with van der Waals surface area (Å²) < 4.78 is 27.2. The lowest BCUT2D eigenvalue weighted by molar-refractivity contribution is -0.116. The van der Waals surface area contributed by atoms with Gasteiger partial charge in [-0.2, -0.15) is 0 Å². The van der Waals surface area contributed by atoms with Crippen LogP contribution in [0.4, 0.5) is 20.4 Å². The number of amides is 2. The summed E-state index contributed by atoms with van der Waals surface area (Å²) in [6.45, 7) is -0.171. The number of hydrogen-bond donors (Lipinski definition) is 2. The van der Waals surface area contributed by atoms with E-state index in [1.165, 1.54) is 41.3 Å². The summed E-state index contributed by atoms with van der Waals surface area (Å²) in [5, 5.41) is 8.92. The van der Waals surface area contributed by atoms with Gasteiger partial charge in [-0.25, -0.2) is 18.4 Å². The zero-order valence-electron chi connectivity index (χ0n) is 13.3. The van der Waals surface area contributed by atoms with E-state index in [-0.39, 0.29) is 18.1 Å². The van der Waals surface area contributed by atoms with Gasteiger partial charge < -0.3 is 5.32 Å². The predicted octanol–water partition coefficient (Wildman–Crippen LogP) is 2.45. The highest BCUT2D eigenvalue weighted by molar-refractivity contribution is 6.03. The molecule has 0 unspecified atom stereocenters. The van der Waals surface area contributed by atoms with Crippen molar-refractivity contribution in [3.8, 4) is 0 Å². The number of benzene rings is 2. The molecule has 1 aromatic heterocycles. The predicted molar refractivity (Wildman–Crippen MR) is 89.4 cm³/mol. The van der Waals surface area contributed by atoms with Crippen LogP contribution in [0.25, 0.3) is 0 Å². The molecule has 0 bridgehead atoms. The molecule has 9 heteroatoms. The highest BCUT2D eigenvalue weighted by Gasteiger charge is 2.11. The third kappa shape index (κ3) is 4.47. The van der Waals surface area contributed by atoms with Crippen LogP contribution < -0.4 is 10.6 Å². The maximum atomic E-state index is 13.1. The fourth-order valence-corrected chi connectivity index (χ4v) is 2.12. The molecule has 0 aliphatic heterocycles. The highest BCUT2D eigenvalue weighted by atomic mass is 19.1. The summed E-state index contributed by atoms with van der Waals surface area (Å²) in [5.74, 6) is -1.86. The molecule has 0 aliphatic rings. The van der Waals surface area contributed by atoms with Crippen LogP contribution in [0.5, 0.6) is 0 Å². The van der Waals surface area contributed by atoms with Crippen LogP contribution in [0.2, 0.25) is 0 Å². The lowest BCUT2D eigenvalue weighted by Gasteiger charge is -2.05. The molecule has 0 fully saturated rings.